The van der Waals surface area contributed by atoms with E-state index in [0.717, 1.165) is 24.2 Å². The minimum atomic E-state index is -0.554. The van der Waals surface area contributed by atoms with Gasteiger partial charge in [-0.2, -0.15) is 5.10 Å². The predicted octanol–water partition coefficient (Wildman–Crippen LogP) is 2.05. The highest BCUT2D eigenvalue weighted by Gasteiger charge is 2.53. The number of aliphatic hydroxyl groups is 1. The third kappa shape index (κ3) is 2.36. The minimum Gasteiger partial charge on any atom is -0.390 e. The lowest BCUT2D eigenvalue weighted by molar-refractivity contribution is 0.0204. The predicted molar refractivity (Wildman–Crippen MR) is 103 cm³/mol. The van der Waals surface area contributed by atoms with E-state index in [9.17, 15) is 9.90 Å². The van der Waals surface area contributed by atoms with Gasteiger partial charge in [0.15, 0.2) is 0 Å². The molecule has 2 atom stereocenters. The van der Waals surface area contributed by atoms with Gasteiger partial charge in [0.05, 0.1) is 12.1 Å². The molecular formula is C21H23N5O2. The molecule has 1 spiro atoms. The van der Waals surface area contributed by atoms with Crippen molar-refractivity contribution in [3.8, 4) is 0 Å². The number of H-pyrrole nitrogens is 1. The number of imidazole rings is 1. The molecule has 144 valence electrons. The van der Waals surface area contributed by atoms with Crippen molar-refractivity contribution in [1.82, 2.24) is 24.6 Å². The molecule has 3 aromatic rings. The maximum atomic E-state index is 12.7. The Balaban J connectivity index is 1.47. The van der Waals surface area contributed by atoms with Crippen molar-refractivity contribution in [1.29, 1.82) is 0 Å². The smallest absolute Gasteiger partial charge is 0.271 e. The SMILES string of the molecule is Cc1nccn1[C@@H]1c2ccccc2C2(CCN(C(=O)c3ccn[nH]3)CC2)[C@H]1O. The molecule has 1 fully saturated rings. The number of likely N-dealkylation sites (tertiary alicyclic amines) is 1. The van der Waals surface area contributed by atoms with Gasteiger partial charge in [-0.3, -0.25) is 9.89 Å². The molecule has 2 aromatic heterocycles. The second kappa shape index (κ2) is 6.31. The van der Waals surface area contributed by atoms with Gasteiger partial charge in [-0.05, 0) is 37.0 Å². The molecule has 7 heteroatoms. The van der Waals surface area contributed by atoms with Crippen LogP contribution in [0.25, 0.3) is 0 Å². The number of aliphatic hydroxyl groups excluding tert-OH is 1. The van der Waals surface area contributed by atoms with Crippen LogP contribution in [0.5, 0.6) is 0 Å². The zero-order chi connectivity index (χ0) is 19.3. The molecule has 3 heterocycles. The lowest BCUT2D eigenvalue weighted by Gasteiger charge is -2.42. The highest BCUT2D eigenvalue weighted by atomic mass is 16.3. The van der Waals surface area contributed by atoms with E-state index in [1.807, 2.05) is 30.2 Å². The van der Waals surface area contributed by atoms with Gasteiger partial charge in [-0.25, -0.2) is 4.98 Å². The number of aryl methyl sites for hydroxylation is 1. The number of benzene rings is 1. The van der Waals surface area contributed by atoms with Crippen molar-refractivity contribution in [3.05, 3.63) is 71.6 Å². The molecule has 28 heavy (non-hydrogen) atoms. The van der Waals surface area contributed by atoms with Crippen LogP contribution in [0.4, 0.5) is 0 Å². The fourth-order valence-corrected chi connectivity index (χ4v) is 5.04. The van der Waals surface area contributed by atoms with Crippen LogP contribution in [0.1, 0.15) is 46.3 Å². The van der Waals surface area contributed by atoms with Gasteiger partial charge in [0.25, 0.3) is 5.91 Å². The Morgan fingerprint density at radius 3 is 2.68 bits per heavy atom. The van der Waals surface area contributed by atoms with Crippen LogP contribution in [0.2, 0.25) is 0 Å². The molecule has 2 N–H and O–H groups in total. The summed E-state index contributed by atoms with van der Waals surface area (Å²) in [6.45, 7) is 3.18. The van der Waals surface area contributed by atoms with Gasteiger partial charge >= 0.3 is 0 Å². The quantitative estimate of drug-likeness (QED) is 0.716. The summed E-state index contributed by atoms with van der Waals surface area (Å²) in [5, 5.41) is 18.1. The van der Waals surface area contributed by atoms with E-state index in [0.29, 0.717) is 18.8 Å². The van der Waals surface area contributed by atoms with E-state index in [4.69, 9.17) is 0 Å². The first kappa shape index (κ1) is 17.2. The molecular weight excluding hydrogens is 354 g/mol. The second-order valence-electron chi connectivity index (χ2n) is 7.78. The van der Waals surface area contributed by atoms with Crippen LogP contribution in [-0.4, -0.2) is 54.9 Å². The molecule has 1 aliphatic heterocycles. The van der Waals surface area contributed by atoms with Crippen molar-refractivity contribution in [2.75, 3.05) is 13.1 Å². The van der Waals surface area contributed by atoms with E-state index in [-0.39, 0.29) is 17.4 Å². The van der Waals surface area contributed by atoms with Gasteiger partial charge < -0.3 is 14.6 Å². The fraction of sp³-hybridized carbons (Fsp3) is 0.381. The normalized spacial score (nSPS) is 23.1. The van der Waals surface area contributed by atoms with Crippen LogP contribution in [0.15, 0.2) is 48.9 Å². The van der Waals surface area contributed by atoms with Gasteiger partial charge in [-0.15, -0.1) is 0 Å². The first-order chi connectivity index (χ1) is 13.6. The zero-order valence-corrected chi connectivity index (χ0v) is 15.7. The summed E-state index contributed by atoms with van der Waals surface area (Å²) in [5.41, 5.74) is 2.52. The summed E-state index contributed by atoms with van der Waals surface area (Å²) < 4.78 is 2.07. The molecule has 1 saturated heterocycles. The standard InChI is InChI=1S/C21H23N5O2/c1-14-22-10-13-26(14)18-15-4-2-3-5-16(15)21(19(18)27)7-11-25(12-8-21)20(28)17-6-9-23-24-17/h2-6,9-10,13,18-19,27H,7-8,11-12H2,1H3,(H,23,24)/t18-,19+/m1/s1. The van der Waals surface area contributed by atoms with Crippen LogP contribution in [0.3, 0.4) is 0 Å². The Labute approximate surface area is 163 Å². The maximum absolute atomic E-state index is 12.7. The van der Waals surface area contributed by atoms with E-state index in [1.165, 1.54) is 5.56 Å². The van der Waals surface area contributed by atoms with Crippen molar-refractivity contribution in [2.45, 2.75) is 37.3 Å². The number of carbonyl (C=O) groups is 1. The molecule has 0 radical (unpaired) electrons. The number of aromatic amines is 1. The molecule has 0 unspecified atom stereocenters. The van der Waals surface area contributed by atoms with Crippen molar-refractivity contribution >= 4 is 5.91 Å². The lowest BCUT2D eigenvalue weighted by Crippen LogP contribution is -2.50. The second-order valence-corrected chi connectivity index (χ2v) is 7.78. The molecule has 0 bridgehead atoms. The lowest BCUT2D eigenvalue weighted by atomic mass is 9.72. The average molecular weight is 377 g/mol. The molecule has 7 nitrogen and oxygen atoms in total. The van der Waals surface area contributed by atoms with Gasteiger partial charge in [-0.1, -0.05) is 24.3 Å². The van der Waals surface area contributed by atoms with Crippen LogP contribution in [0, 0.1) is 6.92 Å². The van der Waals surface area contributed by atoms with Crippen LogP contribution < -0.4 is 0 Å². The van der Waals surface area contributed by atoms with Crippen LogP contribution in [-0.2, 0) is 5.41 Å². The number of carbonyl (C=O) groups excluding carboxylic acids is 1. The van der Waals surface area contributed by atoms with Gasteiger partial charge in [0.2, 0.25) is 0 Å². The number of amides is 1. The molecule has 2 aliphatic rings. The minimum absolute atomic E-state index is 0.0323. The fourth-order valence-electron chi connectivity index (χ4n) is 5.04. The summed E-state index contributed by atoms with van der Waals surface area (Å²) in [6.07, 6.45) is 6.22. The van der Waals surface area contributed by atoms with E-state index in [2.05, 4.69) is 31.9 Å². The van der Waals surface area contributed by atoms with E-state index in [1.54, 1.807) is 18.5 Å². The Kier molecular flexibility index (Phi) is 3.87. The maximum Gasteiger partial charge on any atom is 0.271 e. The molecule has 0 saturated carbocycles. The number of hydrogen-bond donors (Lipinski definition) is 2. The molecule has 5 rings (SSSR count). The Hall–Kier alpha value is -2.93. The third-order valence-electron chi connectivity index (χ3n) is 6.52. The van der Waals surface area contributed by atoms with Gasteiger partial charge in [0.1, 0.15) is 11.5 Å². The summed E-state index contributed by atoms with van der Waals surface area (Å²) in [5.74, 6) is 0.859. The van der Waals surface area contributed by atoms with Crippen LogP contribution >= 0.6 is 0 Å². The number of hydrogen-bond acceptors (Lipinski definition) is 4. The number of aromatic nitrogens is 4. The average Bonchev–Trinajstić information content (AvgIpc) is 3.44. The number of nitrogens with one attached hydrogen (secondary N) is 1. The van der Waals surface area contributed by atoms with Crippen molar-refractivity contribution in [2.24, 2.45) is 0 Å². The first-order valence-electron chi connectivity index (χ1n) is 9.67. The summed E-state index contributed by atoms with van der Waals surface area (Å²) in [6, 6.07) is 9.87. The van der Waals surface area contributed by atoms with E-state index >= 15 is 0 Å². The number of fused-ring (bicyclic) bond motifs is 2. The van der Waals surface area contributed by atoms with Crippen molar-refractivity contribution in [3.63, 3.8) is 0 Å². The zero-order valence-electron chi connectivity index (χ0n) is 15.7. The number of rotatable bonds is 2. The number of piperidine rings is 1. The summed E-state index contributed by atoms with van der Waals surface area (Å²) in [7, 11) is 0. The molecule has 1 aliphatic carbocycles. The molecule has 1 amide bonds. The topological polar surface area (TPSA) is 87.0 Å². The Morgan fingerprint density at radius 1 is 1.21 bits per heavy atom. The van der Waals surface area contributed by atoms with Crippen molar-refractivity contribution < 1.29 is 9.90 Å². The largest absolute Gasteiger partial charge is 0.390 e. The number of nitrogens with zero attached hydrogens (tertiary/aromatic N) is 4. The highest BCUT2D eigenvalue weighted by molar-refractivity contribution is 5.92. The Bertz CT molecular complexity index is 1000. The third-order valence-corrected chi connectivity index (χ3v) is 6.52. The monoisotopic (exact) mass is 377 g/mol. The highest BCUT2D eigenvalue weighted by Crippen LogP contribution is 2.52. The summed E-state index contributed by atoms with van der Waals surface area (Å²) >= 11 is 0. The first-order valence-corrected chi connectivity index (χ1v) is 9.67. The van der Waals surface area contributed by atoms with Gasteiger partial charge in [0, 0.05) is 37.1 Å². The van der Waals surface area contributed by atoms with E-state index < -0.39 is 6.10 Å². The molecule has 1 aromatic carbocycles. The Morgan fingerprint density at radius 2 is 2.00 bits per heavy atom. The summed E-state index contributed by atoms with van der Waals surface area (Å²) in [4.78, 5) is 18.9.